The summed E-state index contributed by atoms with van der Waals surface area (Å²) in [6.07, 6.45) is 4.61. The molecule has 2 N–H and O–H groups in total. The smallest absolute Gasteiger partial charge is 0.151 e. The van der Waals surface area contributed by atoms with Crippen LogP contribution in [0.4, 0.5) is 20.2 Å². The third kappa shape index (κ3) is 3.28. The second-order valence-electron chi connectivity index (χ2n) is 6.27. The molecule has 2 saturated heterocycles. The van der Waals surface area contributed by atoms with E-state index >= 15 is 0 Å². The third-order valence-electron chi connectivity index (χ3n) is 4.69. The van der Waals surface area contributed by atoms with Crippen LogP contribution < -0.4 is 10.6 Å². The minimum Gasteiger partial charge on any atom is -0.399 e. The summed E-state index contributed by atoms with van der Waals surface area (Å²) in [7, 11) is 0. The fraction of sp³-hybridized carbons (Fsp3) is 0.625. The van der Waals surface area contributed by atoms with Crippen molar-refractivity contribution >= 4 is 11.4 Å². The first-order valence-electron chi connectivity index (χ1n) is 7.85. The highest BCUT2D eigenvalue weighted by atomic mass is 19.1. The van der Waals surface area contributed by atoms with Gasteiger partial charge in [0.05, 0.1) is 0 Å². The predicted molar refractivity (Wildman–Crippen MR) is 81.4 cm³/mol. The number of nitrogens with zero attached hydrogens (tertiary/aromatic N) is 2. The Morgan fingerprint density at radius 1 is 1.00 bits per heavy atom. The lowest BCUT2D eigenvalue weighted by Crippen LogP contribution is -2.38. The van der Waals surface area contributed by atoms with E-state index in [1.165, 1.54) is 38.1 Å². The number of anilines is 2. The van der Waals surface area contributed by atoms with Crippen LogP contribution in [0.25, 0.3) is 0 Å². The highest BCUT2D eigenvalue weighted by Crippen LogP contribution is 2.30. The average Bonchev–Trinajstić information content (AvgIpc) is 2.92. The number of likely N-dealkylation sites (tertiary alicyclic amines) is 1. The minimum absolute atomic E-state index is 0.0869. The van der Waals surface area contributed by atoms with E-state index in [9.17, 15) is 8.78 Å². The highest BCUT2D eigenvalue weighted by molar-refractivity contribution is 5.56. The zero-order valence-corrected chi connectivity index (χ0v) is 12.3. The molecule has 0 saturated carbocycles. The van der Waals surface area contributed by atoms with Crippen LogP contribution in [0.5, 0.6) is 0 Å². The van der Waals surface area contributed by atoms with Gasteiger partial charge in [-0.25, -0.2) is 8.78 Å². The topological polar surface area (TPSA) is 32.5 Å². The van der Waals surface area contributed by atoms with Crippen molar-refractivity contribution in [2.45, 2.75) is 25.7 Å². The lowest BCUT2D eigenvalue weighted by atomic mass is 9.95. The molecule has 116 valence electrons. The number of nitrogens with two attached hydrogens (primary N) is 1. The molecule has 0 amide bonds. The Kier molecular flexibility index (Phi) is 4.29. The first kappa shape index (κ1) is 14.6. The van der Waals surface area contributed by atoms with Crippen molar-refractivity contribution in [1.82, 2.24) is 4.90 Å². The molecule has 0 spiro atoms. The zero-order chi connectivity index (χ0) is 14.8. The second kappa shape index (κ2) is 6.18. The van der Waals surface area contributed by atoms with Crippen LogP contribution in [0, 0.1) is 17.6 Å². The van der Waals surface area contributed by atoms with E-state index in [1.54, 1.807) is 0 Å². The molecule has 5 heteroatoms. The summed E-state index contributed by atoms with van der Waals surface area (Å²) in [5.74, 6) is -0.449. The molecule has 0 aliphatic carbocycles. The van der Waals surface area contributed by atoms with Gasteiger partial charge in [0.25, 0.3) is 0 Å². The molecule has 2 heterocycles. The number of hydrogen-bond donors (Lipinski definition) is 1. The van der Waals surface area contributed by atoms with Crippen LogP contribution in [0.3, 0.4) is 0 Å². The van der Waals surface area contributed by atoms with Crippen molar-refractivity contribution in [3.63, 3.8) is 0 Å². The summed E-state index contributed by atoms with van der Waals surface area (Å²) in [5.41, 5.74) is 5.69. The predicted octanol–water partition coefficient (Wildman–Crippen LogP) is 2.86. The van der Waals surface area contributed by atoms with Crippen LogP contribution in [-0.4, -0.2) is 37.6 Å². The molecular weight excluding hydrogens is 272 g/mol. The van der Waals surface area contributed by atoms with Gasteiger partial charge in [0, 0.05) is 25.3 Å². The van der Waals surface area contributed by atoms with E-state index in [0.29, 0.717) is 5.92 Å². The number of hydrogen-bond acceptors (Lipinski definition) is 3. The van der Waals surface area contributed by atoms with Crippen LogP contribution >= 0.6 is 0 Å². The molecule has 0 bridgehead atoms. The van der Waals surface area contributed by atoms with Gasteiger partial charge < -0.3 is 15.5 Å². The Hall–Kier alpha value is -1.36. The molecule has 0 unspecified atom stereocenters. The van der Waals surface area contributed by atoms with Crippen LogP contribution in [0.1, 0.15) is 25.7 Å². The van der Waals surface area contributed by atoms with Gasteiger partial charge in [0.2, 0.25) is 0 Å². The summed E-state index contributed by atoms with van der Waals surface area (Å²) in [6.45, 7) is 5.00. The monoisotopic (exact) mass is 295 g/mol. The summed E-state index contributed by atoms with van der Waals surface area (Å²) >= 11 is 0. The Balaban J connectivity index is 1.60. The van der Waals surface area contributed by atoms with Crippen LogP contribution in [-0.2, 0) is 0 Å². The van der Waals surface area contributed by atoms with E-state index in [0.717, 1.165) is 32.5 Å². The van der Waals surface area contributed by atoms with Crippen molar-refractivity contribution in [3.8, 4) is 0 Å². The number of rotatable bonds is 3. The van der Waals surface area contributed by atoms with E-state index in [-0.39, 0.29) is 11.4 Å². The quantitative estimate of drug-likeness (QED) is 0.870. The zero-order valence-electron chi connectivity index (χ0n) is 12.3. The van der Waals surface area contributed by atoms with Crippen molar-refractivity contribution in [1.29, 1.82) is 0 Å². The maximum absolute atomic E-state index is 14.0. The van der Waals surface area contributed by atoms with Gasteiger partial charge in [-0.15, -0.1) is 0 Å². The van der Waals surface area contributed by atoms with Gasteiger partial charge in [-0.2, -0.15) is 0 Å². The first-order chi connectivity index (χ1) is 10.1. The van der Waals surface area contributed by atoms with Gasteiger partial charge in [0.15, 0.2) is 11.6 Å². The Morgan fingerprint density at radius 2 is 1.57 bits per heavy atom. The summed E-state index contributed by atoms with van der Waals surface area (Å²) in [5, 5.41) is 0. The lowest BCUT2D eigenvalue weighted by molar-refractivity contribution is 0.249. The number of halogens is 2. The molecule has 21 heavy (non-hydrogen) atoms. The standard InChI is InChI=1S/C16H23F2N3/c17-14-9-13(19)10-15(18)16(14)21-7-3-12(4-8-21)11-20-5-1-2-6-20/h9-10,12H,1-8,11,19H2. The summed E-state index contributed by atoms with van der Waals surface area (Å²) in [4.78, 5) is 4.34. The summed E-state index contributed by atoms with van der Waals surface area (Å²) < 4.78 is 27.9. The minimum atomic E-state index is -0.550. The van der Waals surface area contributed by atoms with Gasteiger partial charge in [0.1, 0.15) is 5.69 Å². The first-order valence-corrected chi connectivity index (χ1v) is 7.85. The summed E-state index contributed by atoms with van der Waals surface area (Å²) in [6, 6.07) is 2.41. The van der Waals surface area contributed by atoms with Crippen molar-refractivity contribution in [3.05, 3.63) is 23.8 Å². The normalized spacial score (nSPS) is 21.1. The molecule has 1 aromatic carbocycles. The lowest BCUT2D eigenvalue weighted by Gasteiger charge is -2.35. The molecule has 1 aromatic rings. The molecule has 3 nitrogen and oxygen atoms in total. The largest absolute Gasteiger partial charge is 0.399 e. The van der Waals surface area contributed by atoms with E-state index in [2.05, 4.69) is 4.90 Å². The number of benzene rings is 1. The molecule has 0 aromatic heterocycles. The molecular formula is C16H23F2N3. The maximum Gasteiger partial charge on any atom is 0.151 e. The SMILES string of the molecule is Nc1cc(F)c(N2CCC(CN3CCCC3)CC2)c(F)c1. The molecule has 0 atom stereocenters. The fourth-order valence-electron chi connectivity index (χ4n) is 3.56. The van der Waals surface area contributed by atoms with Crippen LogP contribution in [0.2, 0.25) is 0 Å². The van der Waals surface area contributed by atoms with Gasteiger partial charge in [-0.3, -0.25) is 0 Å². The average molecular weight is 295 g/mol. The van der Waals surface area contributed by atoms with E-state index in [1.807, 2.05) is 4.90 Å². The van der Waals surface area contributed by atoms with Crippen LogP contribution in [0.15, 0.2) is 12.1 Å². The Bertz CT molecular complexity index is 469. The van der Waals surface area contributed by atoms with Crippen molar-refractivity contribution < 1.29 is 8.78 Å². The molecule has 2 aliphatic heterocycles. The molecule has 2 fully saturated rings. The van der Waals surface area contributed by atoms with Crippen molar-refractivity contribution in [2.75, 3.05) is 43.4 Å². The van der Waals surface area contributed by atoms with Gasteiger partial charge >= 0.3 is 0 Å². The van der Waals surface area contributed by atoms with Crippen molar-refractivity contribution in [2.24, 2.45) is 5.92 Å². The highest BCUT2D eigenvalue weighted by Gasteiger charge is 2.26. The maximum atomic E-state index is 14.0. The van der Waals surface area contributed by atoms with E-state index in [4.69, 9.17) is 5.73 Å². The molecule has 0 radical (unpaired) electrons. The Morgan fingerprint density at radius 3 is 2.14 bits per heavy atom. The molecule has 2 aliphatic rings. The third-order valence-corrected chi connectivity index (χ3v) is 4.69. The molecule has 3 rings (SSSR count). The van der Waals surface area contributed by atoms with Gasteiger partial charge in [-0.1, -0.05) is 0 Å². The van der Waals surface area contributed by atoms with E-state index < -0.39 is 11.6 Å². The number of nitrogen functional groups attached to an aromatic ring is 1. The Labute approximate surface area is 124 Å². The van der Waals surface area contributed by atoms with Gasteiger partial charge in [-0.05, 0) is 56.8 Å². The fourth-order valence-corrected chi connectivity index (χ4v) is 3.56. The second-order valence-corrected chi connectivity index (χ2v) is 6.27. The number of piperidine rings is 1.